The largest absolute Gasteiger partial charge is 0.369 e. The molecule has 2 aromatic rings. The molecule has 2 amide bonds. The maximum absolute atomic E-state index is 13.1. The average molecular weight is 467 g/mol. The van der Waals surface area contributed by atoms with Crippen LogP contribution in [0, 0.1) is 6.92 Å². The molecule has 2 aliphatic heterocycles. The van der Waals surface area contributed by atoms with Gasteiger partial charge in [0.05, 0.1) is 11.3 Å². The summed E-state index contributed by atoms with van der Waals surface area (Å²) in [5.74, 6) is 0.376. The first-order valence-corrected chi connectivity index (χ1v) is 12.9. The van der Waals surface area contributed by atoms with E-state index >= 15 is 0 Å². The third-order valence-electron chi connectivity index (χ3n) is 6.58. The molecule has 7 heteroatoms. The molecule has 0 spiro atoms. The number of carbonyl (C=O) groups is 2. The number of rotatable bonds is 7. The first-order valence-electron chi connectivity index (χ1n) is 11.9. The molecule has 2 aliphatic rings. The molecule has 33 heavy (non-hydrogen) atoms. The predicted molar refractivity (Wildman–Crippen MR) is 136 cm³/mol. The van der Waals surface area contributed by atoms with E-state index in [2.05, 4.69) is 34.2 Å². The van der Waals surface area contributed by atoms with Crippen LogP contribution in [0.4, 0.5) is 11.4 Å². The molecule has 0 unspecified atom stereocenters. The van der Waals surface area contributed by atoms with Gasteiger partial charge in [-0.05, 0) is 62.2 Å². The van der Waals surface area contributed by atoms with Crippen LogP contribution in [-0.4, -0.2) is 73.2 Å². The topological polar surface area (TPSA) is 55.9 Å². The number of nitrogens with zero attached hydrogens (tertiary/aromatic N) is 3. The molecular weight excluding hydrogens is 432 g/mol. The lowest BCUT2D eigenvalue weighted by Crippen LogP contribution is -2.46. The molecular formula is C26H34N4O2S. The van der Waals surface area contributed by atoms with Gasteiger partial charge in [0.25, 0.3) is 5.91 Å². The highest BCUT2D eigenvalue weighted by atomic mass is 32.2. The van der Waals surface area contributed by atoms with Crippen molar-refractivity contribution < 1.29 is 9.59 Å². The van der Waals surface area contributed by atoms with E-state index < -0.39 is 0 Å². The Morgan fingerprint density at radius 2 is 1.70 bits per heavy atom. The van der Waals surface area contributed by atoms with Crippen molar-refractivity contribution in [3.63, 3.8) is 0 Å². The Labute approximate surface area is 201 Å². The zero-order valence-electron chi connectivity index (χ0n) is 19.7. The highest BCUT2D eigenvalue weighted by molar-refractivity contribution is 8.00. The van der Waals surface area contributed by atoms with E-state index in [4.69, 9.17) is 0 Å². The van der Waals surface area contributed by atoms with Crippen molar-refractivity contribution in [1.29, 1.82) is 0 Å². The SMILES string of the molecule is CCN1CCN(c2ccc(NC(=O)c3ccccc3SCC(=O)N3CCCC3)c(C)c2)CC1. The minimum atomic E-state index is -0.140. The molecule has 0 atom stereocenters. The van der Waals surface area contributed by atoms with Crippen LogP contribution in [0.5, 0.6) is 0 Å². The molecule has 2 saturated heterocycles. The molecule has 0 aromatic heterocycles. The number of hydrogen-bond acceptors (Lipinski definition) is 5. The van der Waals surface area contributed by atoms with Crippen LogP contribution in [-0.2, 0) is 4.79 Å². The Bertz CT molecular complexity index is 982. The average Bonchev–Trinajstić information content (AvgIpc) is 3.39. The summed E-state index contributed by atoms with van der Waals surface area (Å²) in [5.41, 5.74) is 3.69. The third kappa shape index (κ3) is 5.89. The van der Waals surface area contributed by atoms with Crippen molar-refractivity contribution in [2.45, 2.75) is 31.6 Å². The van der Waals surface area contributed by atoms with Gasteiger partial charge in [-0.2, -0.15) is 0 Å². The molecule has 0 saturated carbocycles. The van der Waals surface area contributed by atoms with Crippen molar-refractivity contribution in [2.75, 3.05) is 61.8 Å². The number of thioether (sulfide) groups is 1. The Morgan fingerprint density at radius 1 is 0.970 bits per heavy atom. The predicted octanol–water partition coefficient (Wildman–Crippen LogP) is 4.10. The van der Waals surface area contributed by atoms with Crippen molar-refractivity contribution >= 4 is 35.0 Å². The number of likely N-dealkylation sites (N-methyl/N-ethyl adjacent to an activating group) is 1. The number of aryl methyl sites for hydroxylation is 1. The second-order valence-corrected chi connectivity index (χ2v) is 9.76. The first-order chi connectivity index (χ1) is 16.0. The lowest BCUT2D eigenvalue weighted by atomic mass is 10.1. The molecule has 4 rings (SSSR count). The maximum Gasteiger partial charge on any atom is 0.256 e. The van der Waals surface area contributed by atoms with Crippen molar-refractivity contribution in [2.24, 2.45) is 0 Å². The van der Waals surface area contributed by atoms with E-state index in [1.165, 1.54) is 17.4 Å². The van der Waals surface area contributed by atoms with E-state index in [1.807, 2.05) is 42.2 Å². The standard InChI is InChI=1S/C26H34N4O2S/c1-3-28-14-16-29(17-15-28)21-10-11-23(20(2)18-21)27-26(32)22-8-4-5-9-24(22)33-19-25(31)30-12-6-7-13-30/h4-5,8-11,18H,3,6-7,12-17,19H2,1-2H3,(H,27,32). The molecule has 2 aromatic carbocycles. The summed E-state index contributed by atoms with van der Waals surface area (Å²) >= 11 is 1.45. The fourth-order valence-electron chi connectivity index (χ4n) is 4.47. The molecule has 0 aliphatic carbocycles. The third-order valence-corrected chi connectivity index (χ3v) is 7.64. The van der Waals surface area contributed by atoms with Crippen LogP contribution in [0.25, 0.3) is 0 Å². The van der Waals surface area contributed by atoms with Crippen LogP contribution >= 0.6 is 11.8 Å². The number of anilines is 2. The summed E-state index contributed by atoms with van der Waals surface area (Å²) in [6, 6.07) is 13.8. The molecule has 1 N–H and O–H groups in total. The lowest BCUT2D eigenvalue weighted by Gasteiger charge is -2.35. The van der Waals surface area contributed by atoms with E-state index in [0.717, 1.165) is 74.8 Å². The summed E-state index contributed by atoms with van der Waals surface area (Å²) in [4.78, 5) is 33.2. The Balaban J connectivity index is 1.39. The Hall–Kier alpha value is -2.51. The summed E-state index contributed by atoms with van der Waals surface area (Å²) in [7, 11) is 0. The summed E-state index contributed by atoms with van der Waals surface area (Å²) in [6.07, 6.45) is 2.17. The van der Waals surface area contributed by atoms with Gasteiger partial charge in [0, 0.05) is 55.5 Å². The molecule has 6 nitrogen and oxygen atoms in total. The minimum absolute atomic E-state index is 0.140. The highest BCUT2D eigenvalue weighted by Gasteiger charge is 2.20. The van der Waals surface area contributed by atoms with Crippen LogP contribution in [0.3, 0.4) is 0 Å². The molecule has 2 fully saturated rings. The normalized spacial score (nSPS) is 16.8. The van der Waals surface area contributed by atoms with E-state index in [1.54, 1.807) is 0 Å². The van der Waals surface area contributed by atoms with Gasteiger partial charge < -0.3 is 20.0 Å². The van der Waals surface area contributed by atoms with Crippen LogP contribution in [0.1, 0.15) is 35.7 Å². The monoisotopic (exact) mass is 466 g/mol. The lowest BCUT2D eigenvalue weighted by molar-refractivity contribution is -0.127. The number of carbonyl (C=O) groups excluding carboxylic acids is 2. The van der Waals surface area contributed by atoms with Gasteiger partial charge in [-0.3, -0.25) is 9.59 Å². The second-order valence-electron chi connectivity index (χ2n) is 8.75. The fourth-order valence-corrected chi connectivity index (χ4v) is 5.43. The number of hydrogen-bond donors (Lipinski definition) is 1. The van der Waals surface area contributed by atoms with Gasteiger partial charge in [-0.25, -0.2) is 0 Å². The van der Waals surface area contributed by atoms with E-state index in [9.17, 15) is 9.59 Å². The fraction of sp³-hybridized carbons (Fsp3) is 0.462. The summed E-state index contributed by atoms with van der Waals surface area (Å²) < 4.78 is 0. The van der Waals surface area contributed by atoms with Gasteiger partial charge in [-0.15, -0.1) is 11.8 Å². The quantitative estimate of drug-likeness (QED) is 0.623. The highest BCUT2D eigenvalue weighted by Crippen LogP contribution is 2.27. The number of amides is 2. The summed E-state index contributed by atoms with van der Waals surface area (Å²) in [5, 5.41) is 3.08. The number of likely N-dealkylation sites (tertiary alicyclic amines) is 1. The minimum Gasteiger partial charge on any atom is -0.369 e. The van der Waals surface area contributed by atoms with E-state index in [0.29, 0.717) is 11.3 Å². The van der Waals surface area contributed by atoms with Gasteiger partial charge in [-0.1, -0.05) is 19.1 Å². The van der Waals surface area contributed by atoms with Gasteiger partial charge >= 0.3 is 0 Å². The first kappa shape index (κ1) is 23.6. The Morgan fingerprint density at radius 3 is 2.39 bits per heavy atom. The molecule has 176 valence electrons. The van der Waals surface area contributed by atoms with Gasteiger partial charge in [0.1, 0.15) is 0 Å². The van der Waals surface area contributed by atoms with E-state index in [-0.39, 0.29) is 11.8 Å². The van der Waals surface area contributed by atoms with Crippen molar-refractivity contribution in [1.82, 2.24) is 9.80 Å². The zero-order chi connectivity index (χ0) is 23.2. The molecule has 0 radical (unpaired) electrons. The van der Waals surface area contributed by atoms with Crippen LogP contribution in [0.2, 0.25) is 0 Å². The molecule has 2 heterocycles. The van der Waals surface area contributed by atoms with Crippen LogP contribution < -0.4 is 10.2 Å². The van der Waals surface area contributed by atoms with Crippen molar-refractivity contribution in [3.8, 4) is 0 Å². The summed E-state index contributed by atoms with van der Waals surface area (Å²) in [6.45, 7) is 11.3. The zero-order valence-corrected chi connectivity index (χ0v) is 20.5. The van der Waals surface area contributed by atoms with Gasteiger partial charge in [0.2, 0.25) is 5.91 Å². The number of piperazine rings is 1. The maximum atomic E-state index is 13.1. The number of nitrogens with one attached hydrogen (secondary N) is 1. The molecule has 0 bridgehead atoms. The smallest absolute Gasteiger partial charge is 0.256 e. The second kappa shape index (κ2) is 11.1. The Kier molecular flexibility index (Phi) is 7.93. The van der Waals surface area contributed by atoms with Crippen LogP contribution in [0.15, 0.2) is 47.4 Å². The van der Waals surface area contributed by atoms with Gasteiger partial charge in [0.15, 0.2) is 0 Å². The number of benzene rings is 2. The van der Waals surface area contributed by atoms with Crippen molar-refractivity contribution in [3.05, 3.63) is 53.6 Å².